The fourth-order valence-electron chi connectivity index (χ4n) is 3.07. The summed E-state index contributed by atoms with van der Waals surface area (Å²) in [6.45, 7) is 6.58. The third-order valence-electron chi connectivity index (χ3n) is 5.02. The molecule has 1 aromatic heterocycles. The molecule has 3 N–H and O–H groups in total. The van der Waals surface area contributed by atoms with E-state index in [-0.39, 0.29) is 35.2 Å². The SMILES string of the molecule is COc1ccc(Cl)c(Oc2cnc(NS(=O)(=O)c3ccc(C(C)(C)C)cc3)nc2CNCCO)c1. The first-order chi connectivity index (χ1) is 16.5. The molecular formula is C24H29ClN4O5S. The quantitative estimate of drug-likeness (QED) is 0.341. The average Bonchev–Trinajstić information content (AvgIpc) is 2.81. The Morgan fingerprint density at radius 1 is 1.09 bits per heavy atom. The second kappa shape index (κ2) is 11.2. The minimum Gasteiger partial charge on any atom is -0.497 e. The number of aliphatic hydroxyl groups is 1. The molecule has 0 radical (unpaired) electrons. The Morgan fingerprint density at radius 2 is 1.80 bits per heavy atom. The first-order valence-electron chi connectivity index (χ1n) is 10.9. The molecule has 188 valence electrons. The third kappa shape index (κ3) is 7.04. The van der Waals surface area contributed by atoms with Crippen LogP contribution in [-0.2, 0) is 22.0 Å². The number of halogens is 1. The van der Waals surface area contributed by atoms with Crippen LogP contribution in [0.15, 0.2) is 53.6 Å². The van der Waals surface area contributed by atoms with Crippen LogP contribution >= 0.6 is 11.6 Å². The van der Waals surface area contributed by atoms with Gasteiger partial charge in [-0.2, -0.15) is 0 Å². The van der Waals surface area contributed by atoms with Crippen molar-refractivity contribution >= 4 is 27.6 Å². The minimum absolute atomic E-state index is 0.0764. The van der Waals surface area contributed by atoms with Gasteiger partial charge in [0.15, 0.2) is 5.75 Å². The number of aliphatic hydroxyl groups excluding tert-OH is 1. The molecule has 0 aliphatic rings. The van der Waals surface area contributed by atoms with Crippen molar-refractivity contribution in [2.45, 2.75) is 37.6 Å². The van der Waals surface area contributed by atoms with Gasteiger partial charge in [0.25, 0.3) is 10.0 Å². The number of ether oxygens (including phenoxy) is 2. The van der Waals surface area contributed by atoms with Crippen molar-refractivity contribution in [1.82, 2.24) is 15.3 Å². The van der Waals surface area contributed by atoms with E-state index in [0.717, 1.165) is 5.56 Å². The van der Waals surface area contributed by atoms with Crippen LogP contribution in [0.25, 0.3) is 0 Å². The number of nitrogens with zero attached hydrogens (tertiary/aromatic N) is 2. The summed E-state index contributed by atoms with van der Waals surface area (Å²) < 4.78 is 39.4. The van der Waals surface area contributed by atoms with Crippen LogP contribution in [0.2, 0.25) is 5.02 Å². The van der Waals surface area contributed by atoms with E-state index < -0.39 is 10.0 Å². The van der Waals surface area contributed by atoms with Crippen LogP contribution in [0, 0.1) is 0 Å². The summed E-state index contributed by atoms with van der Waals surface area (Å²) in [6.07, 6.45) is 1.36. The smallest absolute Gasteiger partial charge is 0.264 e. The van der Waals surface area contributed by atoms with E-state index in [4.69, 9.17) is 26.2 Å². The van der Waals surface area contributed by atoms with Gasteiger partial charge in [-0.1, -0.05) is 44.5 Å². The molecule has 3 aromatic rings. The zero-order valence-electron chi connectivity index (χ0n) is 20.0. The Kier molecular flexibility index (Phi) is 8.55. The summed E-state index contributed by atoms with van der Waals surface area (Å²) in [7, 11) is -2.39. The van der Waals surface area contributed by atoms with E-state index in [1.54, 1.807) is 42.5 Å². The molecule has 1 heterocycles. The second-order valence-electron chi connectivity index (χ2n) is 8.68. The van der Waals surface area contributed by atoms with Crippen molar-refractivity contribution in [1.29, 1.82) is 0 Å². The lowest BCUT2D eigenvalue weighted by Gasteiger charge is -2.19. The monoisotopic (exact) mass is 520 g/mol. The topological polar surface area (TPSA) is 123 Å². The highest BCUT2D eigenvalue weighted by atomic mass is 35.5. The number of aromatic nitrogens is 2. The summed E-state index contributed by atoms with van der Waals surface area (Å²) in [4.78, 5) is 8.56. The zero-order chi connectivity index (χ0) is 25.6. The van der Waals surface area contributed by atoms with Crippen LogP contribution in [0.5, 0.6) is 17.2 Å². The summed E-state index contributed by atoms with van der Waals surface area (Å²) in [5.74, 6) is 1.02. The maximum Gasteiger partial charge on any atom is 0.264 e. The molecule has 2 aromatic carbocycles. The van der Waals surface area contributed by atoms with Crippen molar-refractivity contribution < 1.29 is 23.0 Å². The predicted octanol–water partition coefficient (Wildman–Crippen LogP) is 4.11. The highest BCUT2D eigenvalue weighted by Crippen LogP contribution is 2.34. The molecule has 0 unspecified atom stereocenters. The van der Waals surface area contributed by atoms with Crippen molar-refractivity contribution in [2.75, 3.05) is 25.0 Å². The van der Waals surface area contributed by atoms with Crippen LogP contribution in [0.4, 0.5) is 5.95 Å². The van der Waals surface area contributed by atoms with Crippen molar-refractivity contribution in [3.8, 4) is 17.2 Å². The van der Waals surface area contributed by atoms with Gasteiger partial charge in [0.2, 0.25) is 5.95 Å². The lowest BCUT2D eigenvalue weighted by molar-refractivity contribution is 0.291. The first-order valence-corrected chi connectivity index (χ1v) is 12.7. The largest absolute Gasteiger partial charge is 0.497 e. The lowest BCUT2D eigenvalue weighted by atomic mass is 9.87. The minimum atomic E-state index is -3.92. The standard InChI is InChI=1S/C24H29ClN4O5S/c1-24(2,3)16-5-8-18(9-6-16)35(31,32)29-23-27-15-22(20(28-23)14-26-11-12-30)34-21-13-17(33-4)7-10-19(21)25/h5-10,13,15,26,30H,11-12,14H2,1-4H3,(H,27,28,29). The van der Waals surface area contributed by atoms with E-state index in [9.17, 15) is 8.42 Å². The molecule has 0 amide bonds. The molecule has 0 aliphatic carbocycles. The third-order valence-corrected chi connectivity index (χ3v) is 6.68. The Hall–Kier alpha value is -2.92. The van der Waals surface area contributed by atoms with Crippen molar-refractivity contribution in [2.24, 2.45) is 0 Å². The highest BCUT2D eigenvalue weighted by Gasteiger charge is 2.20. The number of anilines is 1. The van der Waals surface area contributed by atoms with Crippen molar-refractivity contribution in [3.63, 3.8) is 0 Å². The Morgan fingerprint density at radius 3 is 2.43 bits per heavy atom. The molecule has 0 saturated carbocycles. The molecule has 0 bridgehead atoms. The number of methoxy groups -OCH3 is 1. The predicted molar refractivity (Wildman–Crippen MR) is 135 cm³/mol. The zero-order valence-corrected chi connectivity index (χ0v) is 21.6. The summed E-state index contributed by atoms with van der Waals surface area (Å²) >= 11 is 6.25. The Labute approximate surface area is 210 Å². The fourth-order valence-corrected chi connectivity index (χ4v) is 4.18. The molecule has 35 heavy (non-hydrogen) atoms. The number of sulfonamides is 1. The van der Waals surface area contributed by atoms with Gasteiger partial charge in [0.1, 0.15) is 17.2 Å². The highest BCUT2D eigenvalue weighted by molar-refractivity contribution is 7.92. The number of rotatable bonds is 10. The van der Waals surface area contributed by atoms with Gasteiger partial charge in [0, 0.05) is 19.2 Å². The molecule has 0 aliphatic heterocycles. The van der Waals surface area contributed by atoms with Gasteiger partial charge >= 0.3 is 0 Å². The van der Waals surface area contributed by atoms with E-state index in [1.807, 2.05) is 0 Å². The van der Waals surface area contributed by atoms with Gasteiger partial charge < -0.3 is 19.9 Å². The fraction of sp³-hybridized carbons (Fsp3) is 0.333. The Balaban J connectivity index is 1.88. The second-order valence-corrected chi connectivity index (χ2v) is 10.8. The van der Waals surface area contributed by atoms with Crippen molar-refractivity contribution in [3.05, 3.63) is 64.9 Å². The molecule has 0 saturated heterocycles. The van der Waals surface area contributed by atoms with E-state index in [1.165, 1.54) is 13.3 Å². The molecule has 0 spiro atoms. The van der Waals surface area contributed by atoms with E-state index in [0.29, 0.717) is 28.8 Å². The molecule has 3 rings (SSSR count). The van der Waals surface area contributed by atoms with Crippen LogP contribution in [0.3, 0.4) is 0 Å². The molecule has 0 atom stereocenters. The molecule has 11 heteroatoms. The maximum absolute atomic E-state index is 12.9. The Bertz CT molecular complexity index is 1260. The van der Waals surface area contributed by atoms with Gasteiger partial charge in [-0.3, -0.25) is 0 Å². The normalized spacial score (nSPS) is 11.8. The lowest BCUT2D eigenvalue weighted by Crippen LogP contribution is -2.20. The summed E-state index contributed by atoms with van der Waals surface area (Å²) in [5, 5.41) is 12.4. The average molecular weight is 521 g/mol. The van der Waals surface area contributed by atoms with Gasteiger partial charge in [-0.15, -0.1) is 0 Å². The molecule has 0 fully saturated rings. The van der Waals surface area contributed by atoms with Crippen LogP contribution in [-0.4, -0.2) is 43.8 Å². The first kappa shape index (κ1) is 26.7. The van der Waals surface area contributed by atoms with Gasteiger partial charge in [-0.25, -0.2) is 23.1 Å². The summed E-state index contributed by atoms with van der Waals surface area (Å²) in [5.41, 5.74) is 1.28. The number of nitrogens with one attached hydrogen (secondary N) is 2. The number of hydrogen-bond donors (Lipinski definition) is 3. The van der Waals surface area contributed by atoms with Gasteiger partial charge in [0.05, 0.1) is 29.8 Å². The number of hydrogen-bond acceptors (Lipinski definition) is 8. The number of benzene rings is 2. The van der Waals surface area contributed by atoms with Gasteiger partial charge in [-0.05, 0) is 35.2 Å². The summed E-state index contributed by atoms with van der Waals surface area (Å²) in [6, 6.07) is 11.6. The molecular weight excluding hydrogens is 492 g/mol. The van der Waals surface area contributed by atoms with Crippen LogP contribution < -0.4 is 19.5 Å². The van der Waals surface area contributed by atoms with E-state index in [2.05, 4.69) is 40.8 Å². The van der Waals surface area contributed by atoms with E-state index >= 15 is 0 Å². The van der Waals surface area contributed by atoms with Crippen LogP contribution in [0.1, 0.15) is 32.0 Å². The maximum atomic E-state index is 12.9. The molecule has 9 nitrogen and oxygen atoms in total.